The molecule has 0 spiro atoms. The maximum Gasteiger partial charge on any atom is 0.254 e. The number of rotatable bonds is 6. The molecule has 0 unspecified atom stereocenters. The van der Waals surface area contributed by atoms with Gasteiger partial charge in [-0.15, -0.1) is 0 Å². The van der Waals surface area contributed by atoms with E-state index in [1.807, 2.05) is 47.4 Å². The first-order valence-corrected chi connectivity index (χ1v) is 11.9. The largest absolute Gasteiger partial charge is 0.339 e. The van der Waals surface area contributed by atoms with E-state index in [1.165, 1.54) is 28.1 Å². The minimum atomic E-state index is -0.223. The highest BCUT2D eigenvalue weighted by molar-refractivity contribution is 5.76. The lowest BCUT2D eigenvalue weighted by Crippen LogP contribution is -2.51. The van der Waals surface area contributed by atoms with Crippen molar-refractivity contribution in [2.75, 3.05) is 26.2 Å². The predicted octanol–water partition coefficient (Wildman–Crippen LogP) is 3.84. The smallest absolute Gasteiger partial charge is 0.254 e. The number of carbonyl (C=O) groups is 1. The van der Waals surface area contributed by atoms with Crippen molar-refractivity contribution in [2.24, 2.45) is 0 Å². The number of hydrogen-bond acceptors (Lipinski definition) is 4. The number of hydrogen-bond donors (Lipinski definition) is 0. The van der Waals surface area contributed by atoms with Gasteiger partial charge in [0.25, 0.3) is 5.56 Å². The summed E-state index contributed by atoms with van der Waals surface area (Å²) in [6.45, 7) is 2.78. The molecule has 0 aliphatic carbocycles. The van der Waals surface area contributed by atoms with E-state index in [4.69, 9.17) is 0 Å². The van der Waals surface area contributed by atoms with E-state index >= 15 is 0 Å². The van der Waals surface area contributed by atoms with Gasteiger partial charge in [0.15, 0.2) is 0 Å². The van der Waals surface area contributed by atoms with Crippen molar-refractivity contribution in [3.8, 4) is 11.3 Å². The highest BCUT2D eigenvalue weighted by Gasteiger charge is 2.28. The van der Waals surface area contributed by atoms with Crippen LogP contribution in [0, 0.1) is 0 Å². The Hall–Kier alpha value is -4.03. The van der Waals surface area contributed by atoms with Crippen molar-refractivity contribution in [3.05, 3.63) is 125 Å². The van der Waals surface area contributed by atoms with Crippen molar-refractivity contribution in [1.82, 2.24) is 19.4 Å². The zero-order valence-electron chi connectivity index (χ0n) is 19.5. The van der Waals surface area contributed by atoms with Crippen LogP contribution in [-0.2, 0) is 11.3 Å². The van der Waals surface area contributed by atoms with E-state index in [0.717, 1.165) is 18.7 Å². The minimum absolute atomic E-state index is 0.00169. The van der Waals surface area contributed by atoms with Crippen LogP contribution in [0.25, 0.3) is 11.3 Å². The zero-order chi connectivity index (χ0) is 24.0. The van der Waals surface area contributed by atoms with E-state index in [9.17, 15) is 9.59 Å². The summed E-state index contributed by atoms with van der Waals surface area (Å²) in [4.78, 5) is 34.3. The van der Waals surface area contributed by atoms with E-state index in [1.54, 1.807) is 0 Å². The van der Waals surface area contributed by atoms with Crippen molar-refractivity contribution in [3.63, 3.8) is 0 Å². The Balaban J connectivity index is 1.25. The third kappa shape index (κ3) is 5.23. The monoisotopic (exact) mass is 464 g/mol. The van der Waals surface area contributed by atoms with Crippen LogP contribution in [-0.4, -0.2) is 51.4 Å². The summed E-state index contributed by atoms with van der Waals surface area (Å²) in [5.41, 5.74) is 3.76. The van der Waals surface area contributed by atoms with Crippen molar-refractivity contribution < 1.29 is 4.79 Å². The molecule has 1 aromatic heterocycles. The highest BCUT2D eigenvalue weighted by atomic mass is 16.2. The number of aromatic nitrogens is 2. The zero-order valence-corrected chi connectivity index (χ0v) is 19.5. The summed E-state index contributed by atoms with van der Waals surface area (Å²) >= 11 is 0. The van der Waals surface area contributed by atoms with E-state index in [2.05, 4.69) is 58.4 Å². The fourth-order valence-electron chi connectivity index (χ4n) is 4.67. The first kappa shape index (κ1) is 22.7. The molecule has 0 N–H and O–H groups in total. The Morgan fingerprint density at radius 2 is 1.31 bits per heavy atom. The van der Waals surface area contributed by atoms with Gasteiger partial charge in [0.05, 0.1) is 18.1 Å². The third-order valence-corrected chi connectivity index (χ3v) is 6.52. The molecule has 1 amide bonds. The molecule has 6 nitrogen and oxygen atoms in total. The molecule has 5 rings (SSSR count). The summed E-state index contributed by atoms with van der Waals surface area (Å²) in [5.74, 6) is -0.0583. The normalized spacial score (nSPS) is 14.3. The molecule has 176 valence electrons. The van der Waals surface area contributed by atoms with Crippen LogP contribution >= 0.6 is 0 Å². The molecule has 0 bridgehead atoms. The van der Waals surface area contributed by atoms with Gasteiger partial charge < -0.3 is 4.90 Å². The lowest BCUT2D eigenvalue weighted by molar-refractivity contribution is -0.133. The Morgan fingerprint density at radius 1 is 0.771 bits per heavy atom. The van der Waals surface area contributed by atoms with Gasteiger partial charge in [-0.3, -0.25) is 19.1 Å². The Morgan fingerprint density at radius 3 is 1.86 bits per heavy atom. The van der Waals surface area contributed by atoms with Gasteiger partial charge in [0.2, 0.25) is 5.91 Å². The van der Waals surface area contributed by atoms with Gasteiger partial charge in [0, 0.05) is 37.8 Å². The molecule has 4 aromatic rings. The van der Waals surface area contributed by atoms with Gasteiger partial charge in [-0.25, -0.2) is 4.98 Å². The van der Waals surface area contributed by atoms with Crippen molar-refractivity contribution in [2.45, 2.75) is 12.6 Å². The first-order chi connectivity index (χ1) is 17.2. The SMILES string of the molecule is O=C(Cn1cnc(-c2ccccc2)cc1=O)N1CCN(C(c2ccccc2)c2ccccc2)CC1. The van der Waals surface area contributed by atoms with Gasteiger partial charge in [-0.1, -0.05) is 91.0 Å². The van der Waals surface area contributed by atoms with Crippen LogP contribution in [0.3, 0.4) is 0 Å². The standard InChI is InChI=1S/C29H28N4O2/c34-27-20-26(23-10-4-1-5-11-23)30-22-33(27)21-28(35)31-16-18-32(19-17-31)29(24-12-6-2-7-13-24)25-14-8-3-9-15-25/h1-15,20,22,29H,16-19,21H2. The molecule has 0 saturated carbocycles. The Kier molecular flexibility index (Phi) is 6.82. The Bertz CT molecular complexity index is 1280. The second-order valence-electron chi connectivity index (χ2n) is 8.75. The van der Waals surface area contributed by atoms with Crippen LogP contribution in [0.4, 0.5) is 0 Å². The van der Waals surface area contributed by atoms with Gasteiger partial charge in [0.1, 0.15) is 6.54 Å². The summed E-state index contributed by atoms with van der Waals surface area (Å²) < 4.78 is 1.39. The average molecular weight is 465 g/mol. The summed E-state index contributed by atoms with van der Waals surface area (Å²) in [7, 11) is 0. The molecular formula is C29H28N4O2. The van der Waals surface area contributed by atoms with Gasteiger partial charge >= 0.3 is 0 Å². The average Bonchev–Trinajstić information content (AvgIpc) is 2.92. The number of nitrogens with zero attached hydrogens (tertiary/aromatic N) is 4. The van der Waals surface area contributed by atoms with Crippen molar-refractivity contribution >= 4 is 5.91 Å². The minimum Gasteiger partial charge on any atom is -0.339 e. The molecule has 6 heteroatoms. The lowest BCUT2D eigenvalue weighted by atomic mass is 9.96. The number of carbonyl (C=O) groups excluding carboxylic acids is 1. The molecule has 1 aliphatic rings. The number of piperazine rings is 1. The predicted molar refractivity (Wildman–Crippen MR) is 137 cm³/mol. The van der Waals surface area contributed by atoms with E-state index in [-0.39, 0.29) is 24.1 Å². The quantitative estimate of drug-likeness (QED) is 0.435. The first-order valence-electron chi connectivity index (χ1n) is 11.9. The van der Waals surface area contributed by atoms with Gasteiger partial charge in [-0.05, 0) is 11.1 Å². The topological polar surface area (TPSA) is 58.4 Å². The fraction of sp³-hybridized carbons (Fsp3) is 0.207. The fourth-order valence-corrected chi connectivity index (χ4v) is 4.67. The second-order valence-corrected chi connectivity index (χ2v) is 8.75. The van der Waals surface area contributed by atoms with Crippen LogP contribution in [0.15, 0.2) is 108 Å². The van der Waals surface area contributed by atoms with Crippen LogP contribution in [0.2, 0.25) is 0 Å². The van der Waals surface area contributed by atoms with Crippen LogP contribution < -0.4 is 5.56 Å². The third-order valence-electron chi connectivity index (χ3n) is 6.52. The van der Waals surface area contributed by atoms with Crippen LogP contribution in [0.1, 0.15) is 17.2 Å². The molecule has 1 aliphatic heterocycles. The summed E-state index contributed by atoms with van der Waals surface area (Å²) in [5, 5.41) is 0. The van der Waals surface area contributed by atoms with Crippen molar-refractivity contribution in [1.29, 1.82) is 0 Å². The number of benzene rings is 3. The van der Waals surface area contributed by atoms with Crippen LogP contribution in [0.5, 0.6) is 0 Å². The maximum atomic E-state index is 13.0. The molecule has 1 saturated heterocycles. The highest BCUT2D eigenvalue weighted by Crippen LogP contribution is 2.29. The molecule has 0 atom stereocenters. The lowest BCUT2D eigenvalue weighted by Gasteiger charge is -2.39. The molecule has 3 aromatic carbocycles. The van der Waals surface area contributed by atoms with E-state index < -0.39 is 0 Å². The molecule has 35 heavy (non-hydrogen) atoms. The van der Waals surface area contributed by atoms with E-state index in [0.29, 0.717) is 18.8 Å². The second kappa shape index (κ2) is 10.5. The van der Waals surface area contributed by atoms with Gasteiger partial charge in [-0.2, -0.15) is 0 Å². The maximum absolute atomic E-state index is 13.0. The molecule has 0 radical (unpaired) electrons. The Labute approximate surface area is 205 Å². The summed E-state index contributed by atoms with van der Waals surface area (Å²) in [6.07, 6.45) is 1.47. The summed E-state index contributed by atoms with van der Waals surface area (Å²) in [6, 6.07) is 32.2. The number of amides is 1. The molecular weight excluding hydrogens is 436 g/mol. The molecule has 1 fully saturated rings. The molecule has 2 heterocycles.